The Morgan fingerprint density at radius 1 is 1.47 bits per heavy atom. The van der Waals surface area contributed by atoms with Crippen molar-refractivity contribution >= 4 is 5.69 Å². The Hall–Kier alpha value is -1.48. The van der Waals surface area contributed by atoms with Gasteiger partial charge in [0.25, 0.3) is 0 Å². The quantitative estimate of drug-likeness (QED) is 0.412. The highest BCUT2D eigenvalue weighted by Gasteiger charge is 2.04. The van der Waals surface area contributed by atoms with Crippen molar-refractivity contribution in [2.75, 3.05) is 19.0 Å². The number of hydrogen-bond acceptors (Lipinski definition) is 3. The van der Waals surface area contributed by atoms with Gasteiger partial charge in [0.05, 0.1) is 13.3 Å². The van der Waals surface area contributed by atoms with E-state index in [9.17, 15) is 0 Å². The molecule has 0 spiro atoms. The Balaban J connectivity index is 2.50. The molecular weight excluding hydrogens is 212 g/mol. The first-order valence-electron chi connectivity index (χ1n) is 6.05. The van der Waals surface area contributed by atoms with Crippen LogP contribution in [0.4, 0.5) is 5.69 Å². The molecule has 1 rings (SSSR count). The van der Waals surface area contributed by atoms with E-state index in [0.29, 0.717) is 0 Å². The number of rotatable bonds is 8. The molecule has 3 heteroatoms. The van der Waals surface area contributed by atoms with Gasteiger partial charge in [-0.1, -0.05) is 19.1 Å². The summed E-state index contributed by atoms with van der Waals surface area (Å²) < 4.78 is 5.19. The van der Waals surface area contributed by atoms with Crippen molar-refractivity contribution in [3.8, 4) is 5.75 Å². The van der Waals surface area contributed by atoms with Crippen molar-refractivity contribution in [2.45, 2.75) is 25.9 Å². The Kier molecular flexibility index (Phi) is 6.18. The van der Waals surface area contributed by atoms with Crippen LogP contribution < -0.4 is 15.4 Å². The molecule has 0 aliphatic rings. The molecule has 17 heavy (non-hydrogen) atoms. The van der Waals surface area contributed by atoms with Gasteiger partial charge in [0, 0.05) is 18.3 Å². The molecule has 0 aromatic heterocycles. The summed E-state index contributed by atoms with van der Waals surface area (Å²) in [6.45, 7) is 6.81. The fraction of sp³-hybridized carbons (Fsp3) is 0.429. The Bertz CT molecular complexity index is 339. The van der Waals surface area contributed by atoms with Gasteiger partial charge in [0.15, 0.2) is 0 Å². The van der Waals surface area contributed by atoms with Crippen molar-refractivity contribution in [1.82, 2.24) is 5.32 Å². The first-order chi connectivity index (χ1) is 8.30. The maximum Gasteiger partial charge on any atom is 0.120 e. The molecule has 2 N–H and O–H groups in total. The molecule has 1 aromatic rings. The summed E-state index contributed by atoms with van der Waals surface area (Å²) in [7, 11) is 1.68. The van der Waals surface area contributed by atoms with E-state index in [-0.39, 0.29) is 6.17 Å². The molecule has 3 nitrogen and oxygen atoms in total. The van der Waals surface area contributed by atoms with Gasteiger partial charge in [-0.3, -0.25) is 5.32 Å². The molecule has 94 valence electrons. The van der Waals surface area contributed by atoms with E-state index in [1.807, 2.05) is 30.3 Å². The van der Waals surface area contributed by atoms with Crippen molar-refractivity contribution in [2.24, 2.45) is 0 Å². The fourth-order valence-corrected chi connectivity index (χ4v) is 1.57. The maximum absolute atomic E-state index is 5.19. The zero-order chi connectivity index (χ0) is 12.5. The third kappa shape index (κ3) is 4.91. The van der Waals surface area contributed by atoms with Crippen LogP contribution in [-0.4, -0.2) is 19.8 Å². The second-order valence-electron chi connectivity index (χ2n) is 3.87. The number of hydrogen-bond donors (Lipinski definition) is 2. The van der Waals surface area contributed by atoms with Gasteiger partial charge in [-0.05, 0) is 25.0 Å². The monoisotopic (exact) mass is 234 g/mol. The lowest BCUT2D eigenvalue weighted by Crippen LogP contribution is -2.36. The standard InChI is InChI=1S/C14H22N2O/c1-4-6-10-15-14(5-2)16-12-8-7-9-13(11-12)17-3/h4,7-9,11,14-16H,1,5-6,10H2,2-3H3. The van der Waals surface area contributed by atoms with E-state index in [1.54, 1.807) is 7.11 Å². The molecule has 0 aliphatic carbocycles. The minimum atomic E-state index is 0.280. The summed E-state index contributed by atoms with van der Waals surface area (Å²) in [6, 6.07) is 7.97. The molecule has 0 heterocycles. The Labute approximate surface area is 104 Å². The molecule has 0 radical (unpaired) electrons. The topological polar surface area (TPSA) is 33.3 Å². The zero-order valence-corrected chi connectivity index (χ0v) is 10.7. The van der Waals surface area contributed by atoms with Gasteiger partial charge < -0.3 is 10.1 Å². The molecule has 1 atom stereocenters. The number of nitrogens with one attached hydrogen (secondary N) is 2. The van der Waals surface area contributed by atoms with Gasteiger partial charge in [-0.25, -0.2) is 0 Å². The lowest BCUT2D eigenvalue weighted by atomic mass is 10.2. The molecule has 0 amide bonds. The minimum absolute atomic E-state index is 0.280. The highest BCUT2D eigenvalue weighted by atomic mass is 16.5. The number of anilines is 1. The first kappa shape index (κ1) is 13.6. The van der Waals surface area contributed by atoms with Crippen LogP contribution in [0.15, 0.2) is 36.9 Å². The van der Waals surface area contributed by atoms with Crippen LogP contribution in [0.1, 0.15) is 19.8 Å². The minimum Gasteiger partial charge on any atom is -0.497 e. The summed E-state index contributed by atoms with van der Waals surface area (Å²) in [5, 5.41) is 6.87. The Morgan fingerprint density at radius 3 is 2.94 bits per heavy atom. The molecule has 0 saturated heterocycles. The fourth-order valence-electron chi connectivity index (χ4n) is 1.57. The maximum atomic E-state index is 5.19. The van der Waals surface area contributed by atoms with E-state index in [0.717, 1.165) is 30.8 Å². The average Bonchev–Trinajstić information content (AvgIpc) is 2.38. The third-order valence-corrected chi connectivity index (χ3v) is 2.56. The molecule has 0 saturated carbocycles. The number of ether oxygens (including phenoxy) is 1. The van der Waals surface area contributed by atoms with Crippen molar-refractivity contribution in [3.05, 3.63) is 36.9 Å². The van der Waals surface area contributed by atoms with Crippen LogP contribution in [-0.2, 0) is 0 Å². The predicted molar refractivity (Wildman–Crippen MR) is 73.5 cm³/mol. The van der Waals surface area contributed by atoms with E-state index in [4.69, 9.17) is 4.74 Å². The van der Waals surface area contributed by atoms with Gasteiger partial charge in [-0.15, -0.1) is 6.58 Å². The van der Waals surface area contributed by atoms with Crippen LogP contribution >= 0.6 is 0 Å². The first-order valence-corrected chi connectivity index (χ1v) is 6.05. The average molecular weight is 234 g/mol. The van der Waals surface area contributed by atoms with Crippen LogP contribution in [0.25, 0.3) is 0 Å². The predicted octanol–water partition coefficient (Wildman–Crippen LogP) is 3.01. The zero-order valence-electron chi connectivity index (χ0n) is 10.7. The van der Waals surface area contributed by atoms with Crippen LogP contribution in [0.3, 0.4) is 0 Å². The lowest BCUT2D eigenvalue weighted by Gasteiger charge is -2.19. The van der Waals surface area contributed by atoms with E-state index >= 15 is 0 Å². The van der Waals surface area contributed by atoms with Crippen molar-refractivity contribution < 1.29 is 4.74 Å². The smallest absolute Gasteiger partial charge is 0.120 e. The summed E-state index contributed by atoms with van der Waals surface area (Å²) in [4.78, 5) is 0. The van der Waals surface area contributed by atoms with Gasteiger partial charge in [0.2, 0.25) is 0 Å². The number of benzene rings is 1. The van der Waals surface area contributed by atoms with E-state index in [2.05, 4.69) is 24.1 Å². The van der Waals surface area contributed by atoms with Crippen molar-refractivity contribution in [3.63, 3.8) is 0 Å². The molecule has 0 fully saturated rings. The largest absolute Gasteiger partial charge is 0.497 e. The molecule has 1 aromatic carbocycles. The summed E-state index contributed by atoms with van der Waals surface area (Å²) in [5.41, 5.74) is 1.07. The van der Waals surface area contributed by atoms with Crippen molar-refractivity contribution in [1.29, 1.82) is 0 Å². The number of methoxy groups -OCH3 is 1. The normalized spacial score (nSPS) is 11.9. The summed E-state index contributed by atoms with van der Waals surface area (Å²) >= 11 is 0. The molecule has 0 aliphatic heterocycles. The molecule has 1 unspecified atom stereocenters. The second-order valence-corrected chi connectivity index (χ2v) is 3.87. The van der Waals surface area contributed by atoms with Gasteiger partial charge >= 0.3 is 0 Å². The molecule has 0 bridgehead atoms. The van der Waals surface area contributed by atoms with Crippen LogP contribution in [0.5, 0.6) is 5.75 Å². The van der Waals surface area contributed by atoms with Crippen LogP contribution in [0, 0.1) is 0 Å². The molecular formula is C14H22N2O. The second kappa shape index (κ2) is 7.74. The summed E-state index contributed by atoms with van der Waals surface area (Å²) in [6.07, 6.45) is 4.21. The summed E-state index contributed by atoms with van der Waals surface area (Å²) in [5.74, 6) is 0.871. The third-order valence-electron chi connectivity index (χ3n) is 2.56. The SMILES string of the molecule is C=CCCNC(CC)Nc1cccc(OC)c1. The van der Waals surface area contributed by atoms with Crippen LogP contribution in [0.2, 0.25) is 0 Å². The van der Waals surface area contributed by atoms with Gasteiger partial charge in [-0.2, -0.15) is 0 Å². The highest BCUT2D eigenvalue weighted by Crippen LogP contribution is 2.17. The highest BCUT2D eigenvalue weighted by molar-refractivity contribution is 5.48. The van der Waals surface area contributed by atoms with E-state index < -0.39 is 0 Å². The Morgan fingerprint density at radius 2 is 2.29 bits per heavy atom. The lowest BCUT2D eigenvalue weighted by molar-refractivity contribution is 0.415. The van der Waals surface area contributed by atoms with E-state index in [1.165, 1.54) is 0 Å². The van der Waals surface area contributed by atoms with Gasteiger partial charge in [0.1, 0.15) is 5.75 Å².